The summed E-state index contributed by atoms with van der Waals surface area (Å²) in [6.45, 7) is 1.98. The predicted molar refractivity (Wildman–Crippen MR) is 82.4 cm³/mol. The molecule has 106 valence electrons. The van der Waals surface area contributed by atoms with Crippen LogP contribution in [-0.4, -0.2) is 20.6 Å². The summed E-state index contributed by atoms with van der Waals surface area (Å²) in [6.07, 6.45) is 0.680. The van der Waals surface area contributed by atoms with Crippen LogP contribution in [0.3, 0.4) is 0 Å². The molecular formula is C16H13ClN2O2. The lowest BCUT2D eigenvalue weighted by Crippen LogP contribution is -2.00. The lowest BCUT2D eigenvalue weighted by atomic mass is 10.2. The maximum absolute atomic E-state index is 11.4. The number of carbonyl (C=O) groups is 1. The summed E-state index contributed by atoms with van der Waals surface area (Å²) in [5.41, 5.74) is 2.25. The van der Waals surface area contributed by atoms with Gasteiger partial charge in [0.05, 0.1) is 21.8 Å². The molecule has 3 rings (SSSR count). The number of hydrogen-bond acceptors (Lipinski definition) is 2. The van der Waals surface area contributed by atoms with E-state index in [0.29, 0.717) is 17.0 Å². The minimum absolute atomic E-state index is 0.202. The van der Waals surface area contributed by atoms with Gasteiger partial charge in [-0.15, -0.1) is 0 Å². The highest BCUT2D eigenvalue weighted by Gasteiger charge is 2.18. The van der Waals surface area contributed by atoms with Crippen LogP contribution in [0.5, 0.6) is 0 Å². The Morgan fingerprint density at radius 2 is 2.00 bits per heavy atom. The van der Waals surface area contributed by atoms with Crippen molar-refractivity contribution in [2.45, 2.75) is 13.3 Å². The normalized spacial score (nSPS) is 11.0. The van der Waals surface area contributed by atoms with Crippen molar-refractivity contribution < 1.29 is 9.90 Å². The lowest BCUT2D eigenvalue weighted by Gasteiger charge is -2.10. The van der Waals surface area contributed by atoms with E-state index in [1.807, 2.05) is 41.8 Å². The topological polar surface area (TPSA) is 55.1 Å². The van der Waals surface area contributed by atoms with Crippen molar-refractivity contribution in [2.24, 2.45) is 0 Å². The van der Waals surface area contributed by atoms with Crippen LogP contribution >= 0.6 is 11.6 Å². The number of aromatic carboxylic acids is 1. The van der Waals surface area contributed by atoms with E-state index in [-0.39, 0.29) is 5.56 Å². The highest BCUT2D eigenvalue weighted by Crippen LogP contribution is 2.28. The number of halogens is 1. The van der Waals surface area contributed by atoms with Gasteiger partial charge in [-0.1, -0.05) is 36.7 Å². The number of carboxylic acid groups (broad SMARTS) is 1. The molecule has 0 aliphatic rings. The molecule has 4 nitrogen and oxygen atoms in total. The summed E-state index contributed by atoms with van der Waals surface area (Å²) >= 11 is 6.28. The Balaban J connectivity index is 2.40. The zero-order chi connectivity index (χ0) is 15.0. The first-order chi connectivity index (χ1) is 10.1. The second-order valence-electron chi connectivity index (χ2n) is 4.65. The molecule has 0 radical (unpaired) electrons. The van der Waals surface area contributed by atoms with Gasteiger partial charge < -0.3 is 5.11 Å². The number of benzene rings is 2. The van der Waals surface area contributed by atoms with E-state index in [4.69, 9.17) is 11.6 Å². The van der Waals surface area contributed by atoms with E-state index >= 15 is 0 Å². The predicted octanol–water partition coefficient (Wildman–Crippen LogP) is 3.94. The monoisotopic (exact) mass is 300 g/mol. The molecule has 0 aliphatic carbocycles. The molecule has 0 atom stereocenters. The van der Waals surface area contributed by atoms with Crippen molar-refractivity contribution in [3.05, 3.63) is 58.9 Å². The van der Waals surface area contributed by atoms with Gasteiger partial charge in [0.2, 0.25) is 0 Å². The van der Waals surface area contributed by atoms with Crippen LogP contribution in [0.4, 0.5) is 0 Å². The molecule has 0 saturated heterocycles. The van der Waals surface area contributed by atoms with E-state index in [9.17, 15) is 9.90 Å². The Morgan fingerprint density at radius 3 is 2.67 bits per heavy atom. The molecule has 1 heterocycles. The van der Waals surface area contributed by atoms with Gasteiger partial charge in [-0.3, -0.25) is 4.57 Å². The van der Waals surface area contributed by atoms with Crippen LogP contribution in [0, 0.1) is 0 Å². The third kappa shape index (κ3) is 2.17. The second-order valence-corrected chi connectivity index (χ2v) is 5.05. The standard InChI is InChI=1S/C16H13ClN2O2/c1-2-14-18-15-10(16(20)21)6-5-9-13(15)19(14)12-8-4-3-7-11(12)17/h3-9H,2H2,1H3,(H,20,21). The number of fused-ring (bicyclic) bond motifs is 1. The van der Waals surface area contributed by atoms with Gasteiger partial charge in [-0.05, 0) is 24.3 Å². The van der Waals surface area contributed by atoms with Crippen LogP contribution in [0.2, 0.25) is 5.02 Å². The van der Waals surface area contributed by atoms with Gasteiger partial charge in [-0.2, -0.15) is 0 Å². The minimum atomic E-state index is -0.980. The molecule has 3 aromatic rings. The number of carboxylic acids is 1. The smallest absolute Gasteiger partial charge is 0.337 e. The van der Waals surface area contributed by atoms with Crippen molar-refractivity contribution in [1.29, 1.82) is 0 Å². The molecule has 5 heteroatoms. The number of para-hydroxylation sites is 2. The van der Waals surface area contributed by atoms with Crippen LogP contribution in [-0.2, 0) is 6.42 Å². The third-order valence-electron chi connectivity index (χ3n) is 3.39. The first kappa shape index (κ1) is 13.6. The SMILES string of the molecule is CCc1nc2c(C(=O)O)cccc2n1-c1ccccc1Cl. The van der Waals surface area contributed by atoms with Crippen LogP contribution in [0.25, 0.3) is 16.7 Å². The Bertz CT molecular complexity index is 839. The van der Waals surface area contributed by atoms with Crippen LogP contribution in [0.15, 0.2) is 42.5 Å². The quantitative estimate of drug-likeness (QED) is 0.797. The van der Waals surface area contributed by atoms with E-state index < -0.39 is 5.97 Å². The van der Waals surface area contributed by atoms with Crippen LogP contribution < -0.4 is 0 Å². The fourth-order valence-electron chi connectivity index (χ4n) is 2.46. The van der Waals surface area contributed by atoms with Gasteiger partial charge in [-0.25, -0.2) is 9.78 Å². The summed E-state index contributed by atoms with van der Waals surface area (Å²) in [5, 5.41) is 9.91. The summed E-state index contributed by atoms with van der Waals surface area (Å²) in [5.74, 6) is -0.195. The van der Waals surface area contributed by atoms with Gasteiger partial charge in [0, 0.05) is 6.42 Å². The van der Waals surface area contributed by atoms with E-state index in [0.717, 1.165) is 17.0 Å². The van der Waals surface area contributed by atoms with Crippen molar-refractivity contribution >= 4 is 28.6 Å². The molecule has 0 amide bonds. The average Bonchev–Trinajstić information content (AvgIpc) is 2.85. The number of rotatable bonds is 3. The van der Waals surface area contributed by atoms with E-state index in [1.165, 1.54) is 0 Å². The number of nitrogens with zero attached hydrogens (tertiary/aromatic N) is 2. The van der Waals surface area contributed by atoms with Crippen molar-refractivity contribution in [1.82, 2.24) is 9.55 Å². The molecule has 0 unspecified atom stereocenters. The summed E-state index contributed by atoms with van der Waals surface area (Å²) in [7, 11) is 0. The zero-order valence-corrected chi connectivity index (χ0v) is 12.1. The first-order valence-corrected chi connectivity index (χ1v) is 6.99. The molecule has 0 bridgehead atoms. The summed E-state index contributed by atoms with van der Waals surface area (Å²) < 4.78 is 1.92. The van der Waals surface area contributed by atoms with Gasteiger partial charge in [0.1, 0.15) is 11.3 Å². The molecule has 0 aliphatic heterocycles. The number of aromatic nitrogens is 2. The summed E-state index contributed by atoms with van der Waals surface area (Å²) in [6, 6.07) is 12.6. The third-order valence-corrected chi connectivity index (χ3v) is 3.71. The fraction of sp³-hybridized carbons (Fsp3) is 0.125. The van der Waals surface area contributed by atoms with Gasteiger partial charge in [0.15, 0.2) is 0 Å². The van der Waals surface area contributed by atoms with Crippen LogP contribution in [0.1, 0.15) is 23.1 Å². The highest BCUT2D eigenvalue weighted by molar-refractivity contribution is 6.32. The lowest BCUT2D eigenvalue weighted by molar-refractivity contribution is 0.0699. The molecule has 0 saturated carbocycles. The molecule has 0 spiro atoms. The minimum Gasteiger partial charge on any atom is -0.478 e. The zero-order valence-electron chi connectivity index (χ0n) is 11.4. The van der Waals surface area contributed by atoms with Crippen molar-refractivity contribution in [3.8, 4) is 5.69 Å². The number of hydrogen-bond donors (Lipinski definition) is 1. The first-order valence-electron chi connectivity index (χ1n) is 6.62. The van der Waals surface area contributed by atoms with Gasteiger partial charge in [0.25, 0.3) is 0 Å². The fourth-order valence-corrected chi connectivity index (χ4v) is 2.68. The van der Waals surface area contributed by atoms with E-state index in [1.54, 1.807) is 12.1 Å². The second kappa shape index (κ2) is 5.22. The summed E-state index contributed by atoms with van der Waals surface area (Å²) in [4.78, 5) is 15.8. The average molecular weight is 301 g/mol. The number of aryl methyl sites for hydroxylation is 1. The molecule has 1 N–H and O–H groups in total. The molecule has 2 aromatic carbocycles. The Labute approximate surface area is 126 Å². The highest BCUT2D eigenvalue weighted by atomic mass is 35.5. The Morgan fingerprint density at radius 1 is 1.24 bits per heavy atom. The molecule has 1 aromatic heterocycles. The number of imidazole rings is 1. The molecule has 0 fully saturated rings. The maximum Gasteiger partial charge on any atom is 0.337 e. The molecular weight excluding hydrogens is 288 g/mol. The molecule has 21 heavy (non-hydrogen) atoms. The van der Waals surface area contributed by atoms with E-state index in [2.05, 4.69) is 4.98 Å². The Hall–Kier alpha value is -2.33. The van der Waals surface area contributed by atoms with Crippen molar-refractivity contribution in [2.75, 3.05) is 0 Å². The Kier molecular flexibility index (Phi) is 3.39. The van der Waals surface area contributed by atoms with Crippen molar-refractivity contribution in [3.63, 3.8) is 0 Å². The largest absolute Gasteiger partial charge is 0.478 e. The maximum atomic E-state index is 11.4. The van der Waals surface area contributed by atoms with Gasteiger partial charge >= 0.3 is 5.97 Å².